The van der Waals surface area contributed by atoms with Gasteiger partial charge in [0.05, 0.1) is 18.5 Å². The molecule has 0 radical (unpaired) electrons. The van der Waals surface area contributed by atoms with Crippen molar-refractivity contribution in [1.82, 2.24) is 0 Å². The third kappa shape index (κ3) is 2.96. The number of rotatable bonds is 3. The van der Waals surface area contributed by atoms with Gasteiger partial charge in [0, 0.05) is 11.5 Å². The second-order valence-electron chi connectivity index (χ2n) is 4.67. The van der Waals surface area contributed by atoms with Gasteiger partial charge in [0.25, 0.3) is 0 Å². The standard InChI is InChI=1S/C14H12F5NO2/c1-8-2-3-11-9(6-8)10(20-4-5-21)7-12(22-11)13(15,16)14(17,18)19/h2-3,6-7,21H,4-5H2,1H3. The molecule has 1 N–H and O–H groups in total. The number of fused-ring (bicyclic) bond motifs is 1. The summed E-state index contributed by atoms with van der Waals surface area (Å²) in [5.74, 6) is -6.66. The maximum atomic E-state index is 13.5. The Balaban J connectivity index is 2.77. The Kier molecular flexibility index (Phi) is 4.23. The molecule has 120 valence electrons. The molecule has 0 atom stereocenters. The fraction of sp³-hybridized carbons (Fsp3) is 0.357. The minimum atomic E-state index is -5.77. The number of hydrogen-bond donors (Lipinski definition) is 1. The van der Waals surface area contributed by atoms with E-state index in [-0.39, 0.29) is 24.1 Å². The van der Waals surface area contributed by atoms with Gasteiger partial charge in [-0.05, 0) is 19.1 Å². The minimum absolute atomic E-state index is 0.0853. The van der Waals surface area contributed by atoms with Crippen LogP contribution in [0.15, 0.2) is 33.7 Å². The van der Waals surface area contributed by atoms with E-state index in [9.17, 15) is 22.0 Å². The first-order valence-electron chi connectivity index (χ1n) is 6.27. The zero-order valence-corrected chi connectivity index (χ0v) is 11.4. The normalized spacial score (nSPS) is 13.9. The summed E-state index contributed by atoms with van der Waals surface area (Å²) in [7, 11) is 0. The highest BCUT2D eigenvalue weighted by Gasteiger charge is 2.61. The first-order chi connectivity index (χ1) is 10.2. The molecule has 0 amide bonds. The van der Waals surface area contributed by atoms with Crippen LogP contribution in [0.4, 0.5) is 22.0 Å². The fourth-order valence-electron chi connectivity index (χ4n) is 1.88. The number of hydrogen-bond acceptors (Lipinski definition) is 3. The van der Waals surface area contributed by atoms with Crippen molar-refractivity contribution in [3.63, 3.8) is 0 Å². The Morgan fingerprint density at radius 1 is 1.14 bits per heavy atom. The van der Waals surface area contributed by atoms with E-state index in [4.69, 9.17) is 9.52 Å². The number of halogens is 5. The van der Waals surface area contributed by atoms with E-state index in [1.54, 1.807) is 13.0 Å². The maximum absolute atomic E-state index is 13.5. The topological polar surface area (TPSA) is 45.7 Å². The Morgan fingerprint density at radius 3 is 2.41 bits per heavy atom. The van der Waals surface area contributed by atoms with Gasteiger partial charge in [0.2, 0.25) is 0 Å². The van der Waals surface area contributed by atoms with E-state index in [2.05, 4.69) is 4.99 Å². The molecule has 0 unspecified atom stereocenters. The number of alkyl halides is 5. The van der Waals surface area contributed by atoms with Gasteiger partial charge in [-0.25, -0.2) is 0 Å². The molecule has 0 saturated heterocycles. The predicted molar refractivity (Wildman–Crippen MR) is 68.4 cm³/mol. The van der Waals surface area contributed by atoms with Crippen LogP contribution in [0.25, 0.3) is 11.0 Å². The first-order valence-corrected chi connectivity index (χ1v) is 6.27. The van der Waals surface area contributed by atoms with Crippen LogP contribution in [0, 0.1) is 6.92 Å². The van der Waals surface area contributed by atoms with Crippen LogP contribution in [0.3, 0.4) is 0 Å². The molecule has 0 saturated carbocycles. The lowest BCUT2D eigenvalue weighted by Crippen LogP contribution is -2.34. The number of benzene rings is 1. The molecule has 0 bridgehead atoms. The van der Waals surface area contributed by atoms with Crippen LogP contribution in [-0.4, -0.2) is 24.4 Å². The quantitative estimate of drug-likeness (QED) is 0.882. The van der Waals surface area contributed by atoms with Gasteiger partial charge >= 0.3 is 12.1 Å². The third-order valence-corrected chi connectivity index (χ3v) is 2.95. The lowest BCUT2D eigenvalue weighted by molar-refractivity contribution is -0.295. The van der Waals surface area contributed by atoms with Crippen molar-refractivity contribution in [2.24, 2.45) is 4.99 Å². The maximum Gasteiger partial charge on any atom is 0.461 e. The summed E-state index contributed by atoms with van der Waals surface area (Å²) in [5.41, 5.74) is 0.627. The smallest absolute Gasteiger partial charge is 0.454 e. The van der Waals surface area contributed by atoms with Crippen molar-refractivity contribution in [1.29, 1.82) is 0 Å². The molecule has 1 heterocycles. The van der Waals surface area contributed by atoms with Crippen molar-refractivity contribution in [2.45, 2.75) is 19.0 Å². The van der Waals surface area contributed by atoms with Crippen molar-refractivity contribution in [3.05, 3.63) is 40.9 Å². The fourth-order valence-corrected chi connectivity index (χ4v) is 1.88. The van der Waals surface area contributed by atoms with Crippen LogP contribution < -0.4 is 5.36 Å². The Labute approximate surface area is 121 Å². The molecule has 0 fully saturated rings. The van der Waals surface area contributed by atoms with Crippen LogP contribution in [0.2, 0.25) is 0 Å². The summed E-state index contributed by atoms with van der Waals surface area (Å²) < 4.78 is 69.1. The van der Waals surface area contributed by atoms with E-state index in [0.717, 1.165) is 5.56 Å². The Morgan fingerprint density at radius 2 is 1.82 bits per heavy atom. The lowest BCUT2D eigenvalue weighted by atomic mass is 10.1. The number of aliphatic hydroxyl groups is 1. The molecule has 2 aromatic rings. The second-order valence-corrected chi connectivity index (χ2v) is 4.67. The van der Waals surface area contributed by atoms with E-state index >= 15 is 0 Å². The number of aliphatic hydroxyl groups excluding tert-OH is 1. The summed E-state index contributed by atoms with van der Waals surface area (Å²) in [5, 5.41) is 8.98. The monoisotopic (exact) mass is 321 g/mol. The summed E-state index contributed by atoms with van der Waals surface area (Å²) in [4.78, 5) is 3.84. The van der Waals surface area contributed by atoms with Crippen LogP contribution in [-0.2, 0) is 5.92 Å². The van der Waals surface area contributed by atoms with Gasteiger partial charge in [0.15, 0.2) is 5.76 Å². The third-order valence-electron chi connectivity index (χ3n) is 2.95. The number of aryl methyl sites for hydroxylation is 1. The first kappa shape index (κ1) is 16.4. The summed E-state index contributed by atoms with van der Waals surface area (Å²) >= 11 is 0. The average Bonchev–Trinajstić information content (AvgIpc) is 2.43. The van der Waals surface area contributed by atoms with Gasteiger partial charge in [-0.3, -0.25) is 4.99 Å². The molecule has 2 rings (SSSR count). The molecule has 0 aliphatic carbocycles. The zero-order valence-electron chi connectivity index (χ0n) is 11.4. The zero-order chi connectivity index (χ0) is 16.5. The lowest BCUT2D eigenvalue weighted by Gasteiger charge is -2.18. The van der Waals surface area contributed by atoms with E-state index < -0.39 is 17.9 Å². The summed E-state index contributed by atoms with van der Waals surface area (Å²) in [6.45, 7) is 1.25. The molecule has 1 aromatic heterocycles. The Bertz CT molecular complexity index is 749. The van der Waals surface area contributed by atoms with E-state index in [1.807, 2.05) is 0 Å². The molecule has 3 nitrogen and oxygen atoms in total. The van der Waals surface area contributed by atoms with Gasteiger partial charge in [-0.15, -0.1) is 0 Å². The highest BCUT2D eigenvalue weighted by molar-refractivity contribution is 5.77. The van der Waals surface area contributed by atoms with E-state index in [0.29, 0.717) is 11.5 Å². The SMILES string of the molecule is Cc1ccc2oc(C(F)(F)C(F)(F)F)cc(=NCCO)c2c1. The summed E-state index contributed by atoms with van der Waals surface area (Å²) in [6.07, 6.45) is -5.77. The largest absolute Gasteiger partial charge is 0.461 e. The Hall–Kier alpha value is -1.96. The van der Waals surface area contributed by atoms with Gasteiger partial charge in [-0.1, -0.05) is 11.6 Å². The van der Waals surface area contributed by atoms with Crippen LogP contribution in [0.1, 0.15) is 11.3 Å². The number of nitrogens with zero attached hydrogens (tertiary/aromatic N) is 1. The second kappa shape index (κ2) is 5.68. The van der Waals surface area contributed by atoms with Crippen molar-refractivity contribution >= 4 is 11.0 Å². The molecular weight excluding hydrogens is 309 g/mol. The predicted octanol–water partition coefficient (Wildman–Crippen LogP) is 3.29. The van der Waals surface area contributed by atoms with Gasteiger partial charge < -0.3 is 9.52 Å². The average molecular weight is 321 g/mol. The highest BCUT2D eigenvalue weighted by Crippen LogP contribution is 2.43. The summed E-state index contributed by atoms with van der Waals surface area (Å²) in [6, 6.07) is 4.95. The highest BCUT2D eigenvalue weighted by atomic mass is 19.4. The molecule has 0 aliphatic heterocycles. The molecule has 1 aromatic carbocycles. The minimum Gasteiger partial charge on any atom is -0.454 e. The van der Waals surface area contributed by atoms with Gasteiger partial charge in [-0.2, -0.15) is 22.0 Å². The van der Waals surface area contributed by atoms with Crippen molar-refractivity contribution in [3.8, 4) is 0 Å². The van der Waals surface area contributed by atoms with Crippen molar-refractivity contribution < 1.29 is 31.5 Å². The molecular formula is C14H12F5NO2. The van der Waals surface area contributed by atoms with E-state index in [1.165, 1.54) is 12.1 Å². The van der Waals surface area contributed by atoms with Crippen LogP contribution in [0.5, 0.6) is 0 Å². The van der Waals surface area contributed by atoms with Gasteiger partial charge in [0.1, 0.15) is 5.58 Å². The molecule has 22 heavy (non-hydrogen) atoms. The van der Waals surface area contributed by atoms with Crippen molar-refractivity contribution in [2.75, 3.05) is 13.2 Å². The molecule has 8 heteroatoms. The molecule has 0 spiro atoms. The molecule has 0 aliphatic rings. The van der Waals surface area contributed by atoms with Crippen LogP contribution >= 0.6 is 0 Å².